The Bertz CT molecular complexity index is 498. The molecular formula is C15H23N3O. The van der Waals surface area contributed by atoms with Gasteiger partial charge in [-0.2, -0.15) is 0 Å². The second-order valence-electron chi connectivity index (χ2n) is 5.56. The molecule has 1 heterocycles. The predicted octanol–water partition coefficient (Wildman–Crippen LogP) is 2.62. The third kappa shape index (κ3) is 3.14. The van der Waals surface area contributed by atoms with Gasteiger partial charge in [-0.3, -0.25) is 0 Å². The van der Waals surface area contributed by atoms with Crippen LogP contribution >= 0.6 is 0 Å². The van der Waals surface area contributed by atoms with E-state index in [-0.39, 0.29) is 18.1 Å². The molecule has 1 aromatic heterocycles. The Kier molecular flexibility index (Phi) is 4.22. The van der Waals surface area contributed by atoms with E-state index in [2.05, 4.69) is 36.1 Å². The number of aromatic amines is 1. The molecule has 4 heteroatoms. The zero-order chi connectivity index (χ0) is 13.9. The van der Waals surface area contributed by atoms with Crippen LogP contribution in [0, 0.1) is 5.41 Å². The van der Waals surface area contributed by atoms with Gasteiger partial charge in [-0.25, -0.2) is 4.98 Å². The summed E-state index contributed by atoms with van der Waals surface area (Å²) in [5, 5.41) is 12.9. The molecule has 0 spiro atoms. The number of aromatic nitrogens is 2. The second kappa shape index (κ2) is 5.72. The molecule has 0 saturated carbocycles. The number of hydrogen-bond donors (Lipinski definition) is 3. The lowest BCUT2D eigenvalue weighted by Crippen LogP contribution is -2.35. The molecule has 0 fully saturated rings. The van der Waals surface area contributed by atoms with Crippen molar-refractivity contribution in [1.29, 1.82) is 0 Å². The minimum Gasteiger partial charge on any atom is -0.396 e. The fourth-order valence-electron chi connectivity index (χ4n) is 1.97. The number of fused-ring (bicyclic) bond motifs is 1. The largest absolute Gasteiger partial charge is 0.396 e. The number of para-hydroxylation sites is 2. The van der Waals surface area contributed by atoms with Gasteiger partial charge < -0.3 is 15.4 Å². The molecule has 0 aliphatic carbocycles. The molecule has 0 aliphatic rings. The Morgan fingerprint density at radius 2 is 2.16 bits per heavy atom. The first-order valence-corrected chi connectivity index (χ1v) is 6.87. The highest BCUT2D eigenvalue weighted by molar-refractivity contribution is 5.74. The van der Waals surface area contributed by atoms with Gasteiger partial charge >= 0.3 is 0 Å². The summed E-state index contributed by atoms with van der Waals surface area (Å²) < 4.78 is 0. The first-order chi connectivity index (χ1) is 9.08. The molecule has 0 aliphatic heterocycles. The number of aliphatic hydroxyl groups is 1. The smallest absolute Gasteiger partial charge is 0.124 e. The van der Waals surface area contributed by atoms with Crippen LogP contribution in [0.5, 0.6) is 0 Å². The maximum absolute atomic E-state index is 9.42. The molecule has 2 atom stereocenters. The van der Waals surface area contributed by atoms with Crippen LogP contribution in [0.15, 0.2) is 24.3 Å². The van der Waals surface area contributed by atoms with Crippen LogP contribution in [0.2, 0.25) is 0 Å². The van der Waals surface area contributed by atoms with Crippen LogP contribution in [0.1, 0.15) is 39.1 Å². The van der Waals surface area contributed by atoms with Gasteiger partial charge in [-0.05, 0) is 25.5 Å². The number of imidazole rings is 1. The van der Waals surface area contributed by atoms with Crippen LogP contribution in [-0.4, -0.2) is 28.2 Å². The van der Waals surface area contributed by atoms with Gasteiger partial charge in [0.1, 0.15) is 5.82 Å². The summed E-state index contributed by atoms with van der Waals surface area (Å²) in [6.45, 7) is 7.25. The van der Waals surface area contributed by atoms with E-state index in [1.54, 1.807) is 0 Å². The van der Waals surface area contributed by atoms with Gasteiger partial charge in [0.05, 0.1) is 17.1 Å². The Morgan fingerprint density at radius 1 is 1.42 bits per heavy atom. The molecule has 104 valence electrons. The van der Waals surface area contributed by atoms with Gasteiger partial charge in [0.25, 0.3) is 0 Å². The van der Waals surface area contributed by atoms with Crippen LogP contribution in [-0.2, 0) is 0 Å². The monoisotopic (exact) mass is 261 g/mol. The van der Waals surface area contributed by atoms with Gasteiger partial charge in [-0.1, -0.05) is 26.0 Å². The van der Waals surface area contributed by atoms with Gasteiger partial charge in [-0.15, -0.1) is 0 Å². The van der Waals surface area contributed by atoms with Crippen molar-refractivity contribution >= 4 is 11.0 Å². The fourth-order valence-corrected chi connectivity index (χ4v) is 1.97. The standard InChI is InChI=1S/C15H23N3O/c1-4-15(3,10-19)9-16-11(2)14-17-12-7-5-6-8-13(12)18-14/h5-8,11,16,19H,4,9-10H2,1-3H3,(H,17,18). The summed E-state index contributed by atoms with van der Waals surface area (Å²) in [5.41, 5.74) is 1.98. The van der Waals surface area contributed by atoms with Gasteiger partial charge in [0.15, 0.2) is 0 Å². The second-order valence-corrected chi connectivity index (χ2v) is 5.56. The average Bonchev–Trinajstić information content (AvgIpc) is 2.88. The molecule has 0 amide bonds. The van der Waals surface area contributed by atoms with E-state index in [9.17, 15) is 5.11 Å². The highest BCUT2D eigenvalue weighted by Gasteiger charge is 2.22. The fraction of sp³-hybridized carbons (Fsp3) is 0.533. The molecule has 0 bridgehead atoms. The van der Waals surface area contributed by atoms with Crippen molar-refractivity contribution in [3.8, 4) is 0 Å². The van der Waals surface area contributed by atoms with Gasteiger partial charge in [0, 0.05) is 18.6 Å². The van der Waals surface area contributed by atoms with Crippen molar-refractivity contribution in [3.05, 3.63) is 30.1 Å². The van der Waals surface area contributed by atoms with Crippen molar-refractivity contribution in [2.45, 2.75) is 33.2 Å². The molecule has 2 rings (SSSR count). The summed E-state index contributed by atoms with van der Waals surface area (Å²) in [6.07, 6.45) is 0.948. The first-order valence-electron chi connectivity index (χ1n) is 6.87. The molecule has 2 aromatic rings. The van der Waals surface area contributed by atoms with Crippen molar-refractivity contribution in [2.75, 3.05) is 13.2 Å². The molecule has 4 nitrogen and oxygen atoms in total. The summed E-state index contributed by atoms with van der Waals surface area (Å²) in [4.78, 5) is 7.92. The number of hydrogen-bond acceptors (Lipinski definition) is 3. The third-order valence-electron chi connectivity index (χ3n) is 3.89. The first kappa shape index (κ1) is 14.0. The van der Waals surface area contributed by atoms with Crippen LogP contribution in [0.4, 0.5) is 0 Å². The average molecular weight is 261 g/mol. The number of benzene rings is 1. The zero-order valence-electron chi connectivity index (χ0n) is 11.9. The minimum absolute atomic E-state index is 0.0692. The van der Waals surface area contributed by atoms with Crippen LogP contribution < -0.4 is 5.32 Å². The number of aliphatic hydroxyl groups excluding tert-OH is 1. The SMILES string of the molecule is CCC(C)(CO)CNC(C)c1nc2ccccc2[nH]1. The zero-order valence-corrected chi connectivity index (χ0v) is 11.9. The number of nitrogens with one attached hydrogen (secondary N) is 2. The molecule has 19 heavy (non-hydrogen) atoms. The van der Waals surface area contributed by atoms with E-state index in [1.807, 2.05) is 24.3 Å². The van der Waals surface area contributed by atoms with E-state index in [4.69, 9.17) is 0 Å². The van der Waals surface area contributed by atoms with Crippen molar-refractivity contribution < 1.29 is 5.11 Å². The number of rotatable bonds is 6. The van der Waals surface area contributed by atoms with Crippen LogP contribution in [0.25, 0.3) is 11.0 Å². The minimum atomic E-state index is -0.0692. The lowest BCUT2D eigenvalue weighted by molar-refractivity contribution is 0.132. The van der Waals surface area contributed by atoms with Crippen molar-refractivity contribution in [2.24, 2.45) is 5.41 Å². The summed E-state index contributed by atoms with van der Waals surface area (Å²) >= 11 is 0. The third-order valence-corrected chi connectivity index (χ3v) is 3.89. The van der Waals surface area contributed by atoms with E-state index < -0.39 is 0 Å². The lowest BCUT2D eigenvalue weighted by Gasteiger charge is -2.27. The summed E-state index contributed by atoms with van der Waals surface area (Å²) in [5.74, 6) is 0.942. The van der Waals surface area contributed by atoms with Crippen LogP contribution in [0.3, 0.4) is 0 Å². The van der Waals surface area contributed by atoms with E-state index in [0.29, 0.717) is 0 Å². The van der Waals surface area contributed by atoms with Crippen molar-refractivity contribution in [1.82, 2.24) is 15.3 Å². The normalized spacial score (nSPS) is 16.4. The van der Waals surface area contributed by atoms with Crippen molar-refractivity contribution in [3.63, 3.8) is 0 Å². The maximum atomic E-state index is 9.42. The molecule has 3 N–H and O–H groups in total. The quantitative estimate of drug-likeness (QED) is 0.749. The highest BCUT2D eigenvalue weighted by atomic mass is 16.3. The Morgan fingerprint density at radius 3 is 2.79 bits per heavy atom. The molecule has 1 aromatic carbocycles. The molecular weight excluding hydrogens is 238 g/mol. The Labute approximate surface area is 114 Å². The van der Waals surface area contributed by atoms with Gasteiger partial charge in [0.2, 0.25) is 0 Å². The van der Waals surface area contributed by atoms with E-state index >= 15 is 0 Å². The van der Waals surface area contributed by atoms with E-state index in [1.165, 1.54) is 0 Å². The Hall–Kier alpha value is -1.39. The summed E-state index contributed by atoms with van der Waals surface area (Å²) in [6, 6.07) is 8.17. The lowest BCUT2D eigenvalue weighted by atomic mass is 9.88. The number of nitrogens with zero attached hydrogens (tertiary/aromatic N) is 1. The topological polar surface area (TPSA) is 60.9 Å². The highest BCUT2D eigenvalue weighted by Crippen LogP contribution is 2.21. The molecule has 0 radical (unpaired) electrons. The molecule has 2 unspecified atom stereocenters. The predicted molar refractivity (Wildman–Crippen MR) is 78.0 cm³/mol. The van der Waals surface area contributed by atoms with E-state index in [0.717, 1.165) is 29.8 Å². The number of H-pyrrole nitrogens is 1. The summed E-state index contributed by atoms with van der Waals surface area (Å²) in [7, 11) is 0. The molecule has 0 saturated heterocycles. The maximum Gasteiger partial charge on any atom is 0.124 e. The Balaban J connectivity index is 2.05.